The number of aryl methyl sites for hydroxylation is 1. The first-order valence-corrected chi connectivity index (χ1v) is 7.17. The van der Waals surface area contributed by atoms with Gasteiger partial charge in [0.1, 0.15) is 0 Å². The Labute approximate surface area is 103 Å². The van der Waals surface area contributed by atoms with Gasteiger partial charge in [0.15, 0.2) is 0 Å². The van der Waals surface area contributed by atoms with Crippen LogP contribution in [0.4, 0.5) is 0 Å². The van der Waals surface area contributed by atoms with Gasteiger partial charge in [0.2, 0.25) is 0 Å². The van der Waals surface area contributed by atoms with Crippen molar-refractivity contribution in [3.05, 3.63) is 21.9 Å². The highest BCUT2D eigenvalue weighted by atomic mass is 32.1. The number of nitrogens with one attached hydrogen (secondary N) is 1. The average molecular weight is 240 g/mol. The van der Waals surface area contributed by atoms with Crippen molar-refractivity contribution < 1.29 is 0 Å². The highest BCUT2D eigenvalue weighted by Crippen LogP contribution is 2.16. The number of nitrogens with two attached hydrogens (primary N) is 1. The van der Waals surface area contributed by atoms with Gasteiger partial charge >= 0.3 is 0 Å². The molecule has 1 atom stereocenters. The van der Waals surface area contributed by atoms with Crippen LogP contribution >= 0.6 is 11.3 Å². The van der Waals surface area contributed by atoms with E-state index in [1.807, 2.05) is 11.3 Å². The Morgan fingerprint density at radius 1 is 1.44 bits per heavy atom. The van der Waals surface area contributed by atoms with E-state index in [1.54, 1.807) is 0 Å². The summed E-state index contributed by atoms with van der Waals surface area (Å²) in [7, 11) is 0. The van der Waals surface area contributed by atoms with Gasteiger partial charge in [0.25, 0.3) is 0 Å². The fraction of sp³-hybridized carbons (Fsp3) is 0.692. The molecule has 16 heavy (non-hydrogen) atoms. The van der Waals surface area contributed by atoms with E-state index < -0.39 is 0 Å². The minimum absolute atomic E-state index is 0.310. The van der Waals surface area contributed by atoms with Gasteiger partial charge in [-0.3, -0.25) is 0 Å². The molecular weight excluding hydrogens is 216 g/mol. The molecule has 0 amide bonds. The first kappa shape index (κ1) is 13.7. The van der Waals surface area contributed by atoms with E-state index in [0.717, 1.165) is 25.9 Å². The van der Waals surface area contributed by atoms with E-state index in [9.17, 15) is 0 Å². The largest absolute Gasteiger partial charge is 0.327 e. The van der Waals surface area contributed by atoms with Gasteiger partial charge in [-0.25, -0.2) is 0 Å². The van der Waals surface area contributed by atoms with Crippen molar-refractivity contribution >= 4 is 11.3 Å². The van der Waals surface area contributed by atoms with E-state index in [1.165, 1.54) is 23.3 Å². The van der Waals surface area contributed by atoms with Crippen molar-refractivity contribution in [2.75, 3.05) is 6.54 Å². The molecule has 0 radical (unpaired) electrons. The van der Waals surface area contributed by atoms with Crippen LogP contribution in [0.5, 0.6) is 0 Å². The Hall–Kier alpha value is -0.380. The summed E-state index contributed by atoms with van der Waals surface area (Å²) in [6.07, 6.45) is 4.73. The third kappa shape index (κ3) is 4.64. The van der Waals surface area contributed by atoms with Crippen LogP contribution in [0.15, 0.2) is 11.4 Å². The third-order valence-electron chi connectivity index (χ3n) is 2.84. The zero-order valence-electron chi connectivity index (χ0n) is 10.5. The summed E-state index contributed by atoms with van der Waals surface area (Å²) in [5.74, 6) is 0. The van der Waals surface area contributed by atoms with Crippen molar-refractivity contribution in [1.82, 2.24) is 5.32 Å². The molecule has 0 aromatic carbocycles. The molecule has 3 N–H and O–H groups in total. The van der Waals surface area contributed by atoms with Gasteiger partial charge in [0, 0.05) is 24.0 Å². The molecule has 1 aromatic heterocycles. The molecule has 0 saturated carbocycles. The number of hydrogen-bond donors (Lipinski definition) is 2. The Morgan fingerprint density at radius 3 is 2.94 bits per heavy atom. The summed E-state index contributed by atoms with van der Waals surface area (Å²) in [6.45, 7) is 6.32. The normalized spacial score (nSPS) is 12.9. The summed E-state index contributed by atoms with van der Waals surface area (Å²) in [4.78, 5) is 1.46. The van der Waals surface area contributed by atoms with Gasteiger partial charge in [-0.05, 0) is 29.9 Å². The number of hydrogen-bond acceptors (Lipinski definition) is 3. The lowest BCUT2D eigenvalue weighted by Gasteiger charge is -2.12. The number of unbranched alkanes of at least 4 members (excludes halogenated alkanes) is 1. The molecule has 1 aromatic rings. The minimum atomic E-state index is 0.310. The third-order valence-corrected chi connectivity index (χ3v) is 3.80. The Bertz CT molecular complexity index is 283. The molecule has 0 aliphatic rings. The maximum atomic E-state index is 6.01. The SMILES string of the molecule is CCCCC(N)CNCc1sccc1CC. The van der Waals surface area contributed by atoms with Crippen molar-refractivity contribution in [3.8, 4) is 0 Å². The lowest BCUT2D eigenvalue weighted by Crippen LogP contribution is -2.33. The predicted octanol–water partition coefficient (Wildman–Crippen LogP) is 2.92. The maximum absolute atomic E-state index is 6.01. The predicted molar refractivity (Wildman–Crippen MR) is 72.9 cm³/mol. The van der Waals surface area contributed by atoms with E-state index >= 15 is 0 Å². The molecule has 0 spiro atoms. The molecule has 2 nitrogen and oxygen atoms in total. The van der Waals surface area contributed by atoms with Crippen LogP contribution in [0.25, 0.3) is 0 Å². The molecule has 1 heterocycles. The van der Waals surface area contributed by atoms with Crippen LogP contribution in [-0.4, -0.2) is 12.6 Å². The zero-order valence-corrected chi connectivity index (χ0v) is 11.3. The second kappa shape index (κ2) is 7.82. The summed E-state index contributed by atoms with van der Waals surface area (Å²) in [5.41, 5.74) is 7.48. The lowest BCUT2D eigenvalue weighted by atomic mass is 10.1. The summed E-state index contributed by atoms with van der Waals surface area (Å²) in [5, 5.41) is 5.63. The number of rotatable bonds is 8. The van der Waals surface area contributed by atoms with Crippen molar-refractivity contribution in [2.45, 2.75) is 52.1 Å². The topological polar surface area (TPSA) is 38.0 Å². The molecule has 0 saturated heterocycles. The molecule has 3 heteroatoms. The van der Waals surface area contributed by atoms with Crippen LogP contribution in [0.1, 0.15) is 43.6 Å². The van der Waals surface area contributed by atoms with Crippen molar-refractivity contribution in [3.63, 3.8) is 0 Å². The highest BCUT2D eigenvalue weighted by Gasteiger charge is 2.04. The standard InChI is InChI=1S/C13H24N2S/c1-3-5-6-12(14)9-15-10-13-11(4-2)7-8-16-13/h7-8,12,15H,3-6,9-10,14H2,1-2H3. The maximum Gasteiger partial charge on any atom is 0.0303 e. The summed E-state index contributed by atoms with van der Waals surface area (Å²) < 4.78 is 0. The first-order valence-electron chi connectivity index (χ1n) is 6.29. The van der Waals surface area contributed by atoms with Crippen LogP contribution in [0, 0.1) is 0 Å². The molecule has 0 aliphatic carbocycles. The molecule has 0 fully saturated rings. The first-order chi connectivity index (χ1) is 7.77. The Kier molecular flexibility index (Phi) is 6.69. The van der Waals surface area contributed by atoms with Crippen LogP contribution in [-0.2, 0) is 13.0 Å². The van der Waals surface area contributed by atoms with Gasteiger partial charge in [-0.1, -0.05) is 26.7 Å². The van der Waals surface area contributed by atoms with E-state index in [0.29, 0.717) is 6.04 Å². The Balaban J connectivity index is 2.20. The van der Waals surface area contributed by atoms with Crippen molar-refractivity contribution in [2.24, 2.45) is 5.73 Å². The van der Waals surface area contributed by atoms with Crippen molar-refractivity contribution in [1.29, 1.82) is 0 Å². The van der Waals surface area contributed by atoms with Gasteiger partial charge in [-0.2, -0.15) is 0 Å². The smallest absolute Gasteiger partial charge is 0.0303 e. The van der Waals surface area contributed by atoms with E-state index in [-0.39, 0.29) is 0 Å². The summed E-state index contributed by atoms with van der Waals surface area (Å²) in [6, 6.07) is 2.53. The second-order valence-electron chi connectivity index (χ2n) is 4.26. The molecule has 0 aliphatic heterocycles. The van der Waals surface area contributed by atoms with Gasteiger partial charge in [0.05, 0.1) is 0 Å². The molecule has 0 bridgehead atoms. The van der Waals surface area contributed by atoms with Crippen LogP contribution in [0.3, 0.4) is 0 Å². The molecule has 92 valence electrons. The van der Waals surface area contributed by atoms with Crippen LogP contribution in [0.2, 0.25) is 0 Å². The monoisotopic (exact) mass is 240 g/mol. The van der Waals surface area contributed by atoms with E-state index in [4.69, 9.17) is 5.73 Å². The average Bonchev–Trinajstić information content (AvgIpc) is 2.74. The zero-order chi connectivity index (χ0) is 11.8. The molecule has 1 rings (SSSR count). The van der Waals surface area contributed by atoms with Gasteiger partial charge in [-0.15, -0.1) is 11.3 Å². The highest BCUT2D eigenvalue weighted by molar-refractivity contribution is 7.10. The van der Waals surface area contributed by atoms with Gasteiger partial charge < -0.3 is 11.1 Å². The Morgan fingerprint density at radius 2 is 2.25 bits per heavy atom. The van der Waals surface area contributed by atoms with E-state index in [2.05, 4.69) is 30.6 Å². The summed E-state index contributed by atoms with van der Waals surface area (Å²) >= 11 is 1.84. The molecular formula is C13H24N2S. The fourth-order valence-corrected chi connectivity index (χ4v) is 2.72. The van der Waals surface area contributed by atoms with Crippen LogP contribution < -0.4 is 11.1 Å². The lowest BCUT2D eigenvalue weighted by molar-refractivity contribution is 0.525. The number of thiophene rings is 1. The fourth-order valence-electron chi connectivity index (χ4n) is 1.78. The molecule has 1 unspecified atom stereocenters. The quantitative estimate of drug-likeness (QED) is 0.733. The second-order valence-corrected chi connectivity index (χ2v) is 5.26. The minimum Gasteiger partial charge on any atom is -0.327 e.